The Labute approximate surface area is 149 Å². The van der Waals surface area contributed by atoms with Crippen LogP contribution in [-0.4, -0.2) is 51.3 Å². The molecule has 0 unspecified atom stereocenters. The highest BCUT2D eigenvalue weighted by Crippen LogP contribution is 2.39. The molecule has 4 rings (SSSR count). The maximum atomic E-state index is 12.1. The largest absolute Gasteiger partial charge is 0.342 e. The zero-order valence-corrected chi connectivity index (χ0v) is 15.4. The second-order valence-electron chi connectivity index (χ2n) is 7.88. The van der Waals surface area contributed by atoms with E-state index in [1.807, 2.05) is 0 Å². The van der Waals surface area contributed by atoms with Crippen LogP contribution in [0.1, 0.15) is 43.9 Å². The first-order valence-corrected chi connectivity index (χ1v) is 9.52. The number of hydrogen-bond donors (Lipinski definition) is 0. The van der Waals surface area contributed by atoms with Gasteiger partial charge in [-0.3, -0.25) is 9.69 Å². The third-order valence-corrected chi connectivity index (χ3v) is 5.98. The van der Waals surface area contributed by atoms with E-state index in [0.29, 0.717) is 5.91 Å². The summed E-state index contributed by atoms with van der Waals surface area (Å²) in [6, 6.07) is 4.18. The van der Waals surface area contributed by atoms with Gasteiger partial charge >= 0.3 is 0 Å². The number of aryl methyl sites for hydroxylation is 1. The number of carbonyl (C=O) groups is 1. The fourth-order valence-electron chi connectivity index (χ4n) is 4.68. The van der Waals surface area contributed by atoms with E-state index in [0.717, 1.165) is 56.9 Å². The number of carbonyl (C=O) groups excluding carboxylic acids is 1. The van der Waals surface area contributed by atoms with Crippen molar-refractivity contribution in [1.29, 1.82) is 0 Å². The van der Waals surface area contributed by atoms with Gasteiger partial charge in [-0.05, 0) is 51.3 Å². The molecule has 134 valence electrons. The predicted molar refractivity (Wildman–Crippen MR) is 98.4 cm³/mol. The van der Waals surface area contributed by atoms with Crippen molar-refractivity contribution in [3.05, 3.63) is 35.8 Å². The van der Waals surface area contributed by atoms with Crippen LogP contribution >= 0.6 is 0 Å². The highest BCUT2D eigenvalue weighted by molar-refractivity contribution is 5.77. The number of amides is 1. The molecule has 1 amide bonds. The van der Waals surface area contributed by atoms with Crippen molar-refractivity contribution in [3.63, 3.8) is 0 Å². The Morgan fingerprint density at radius 2 is 2.16 bits per heavy atom. The van der Waals surface area contributed by atoms with Crippen molar-refractivity contribution in [3.8, 4) is 0 Å². The Kier molecular flexibility index (Phi) is 4.28. The zero-order valence-electron chi connectivity index (χ0n) is 15.4. The van der Waals surface area contributed by atoms with Gasteiger partial charge in [-0.1, -0.05) is 6.07 Å². The zero-order chi connectivity index (χ0) is 17.4. The highest BCUT2D eigenvalue weighted by atomic mass is 16.2. The highest BCUT2D eigenvalue weighted by Gasteiger charge is 2.41. The molecular weight excluding hydrogens is 312 g/mol. The second-order valence-corrected chi connectivity index (χ2v) is 7.88. The Balaban J connectivity index is 1.49. The summed E-state index contributed by atoms with van der Waals surface area (Å²) < 4.78 is 2.13. The van der Waals surface area contributed by atoms with Crippen LogP contribution < -0.4 is 0 Å². The van der Waals surface area contributed by atoms with Crippen molar-refractivity contribution in [2.45, 2.75) is 46.1 Å². The topological polar surface area (TPSA) is 40.9 Å². The predicted octanol–water partition coefficient (Wildman–Crippen LogP) is 2.87. The van der Waals surface area contributed by atoms with E-state index >= 15 is 0 Å². The van der Waals surface area contributed by atoms with E-state index < -0.39 is 0 Å². The Morgan fingerprint density at radius 3 is 2.96 bits per heavy atom. The minimum Gasteiger partial charge on any atom is -0.342 e. The summed E-state index contributed by atoms with van der Waals surface area (Å²) in [5.74, 6) is 0.334. The molecule has 0 N–H and O–H groups in total. The number of nitrogens with zero attached hydrogens (tertiary/aromatic N) is 4. The molecule has 2 fully saturated rings. The van der Waals surface area contributed by atoms with Crippen LogP contribution in [0.15, 0.2) is 24.5 Å². The number of piperidine rings is 2. The molecule has 0 bridgehead atoms. The summed E-state index contributed by atoms with van der Waals surface area (Å²) in [4.78, 5) is 21.5. The molecule has 2 aromatic heterocycles. The summed E-state index contributed by atoms with van der Waals surface area (Å²) in [7, 11) is 0. The summed E-state index contributed by atoms with van der Waals surface area (Å²) in [5.41, 5.74) is 3.71. The number of fused-ring (bicyclic) bond motifs is 1. The van der Waals surface area contributed by atoms with Crippen LogP contribution in [0.2, 0.25) is 0 Å². The molecule has 2 aliphatic rings. The average Bonchev–Trinajstić information content (AvgIpc) is 3.01. The van der Waals surface area contributed by atoms with Gasteiger partial charge in [0.25, 0.3) is 0 Å². The van der Waals surface area contributed by atoms with Crippen LogP contribution in [0.25, 0.3) is 5.65 Å². The van der Waals surface area contributed by atoms with Crippen LogP contribution in [0.5, 0.6) is 0 Å². The van der Waals surface area contributed by atoms with Crippen molar-refractivity contribution in [1.82, 2.24) is 19.2 Å². The van der Waals surface area contributed by atoms with Gasteiger partial charge in [0.1, 0.15) is 5.65 Å². The summed E-state index contributed by atoms with van der Waals surface area (Å²) in [5, 5.41) is 0. The Hall–Kier alpha value is -1.88. The molecule has 25 heavy (non-hydrogen) atoms. The molecule has 0 aliphatic carbocycles. The van der Waals surface area contributed by atoms with E-state index in [4.69, 9.17) is 4.98 Å². The van der Waals surface area contributed by atoms with Gasteiger partial charge in [0.15, 0.2) is 0 Å². The first-order valence-electron chi connectivity index (χ1n) is 9.52. The van der Waals surface area contributed by atoms with Crippen molar-refractivity contribution < 1.29 is 4.79 Å². The number of aromatic nitrogens is 2. The van der Waals surface area contributed by atoms with Crippen LogP contribution in [0, 0.1) is 12.3 Å². The minimum atomic E-state index is 0.289. The molecule has 5 nitrogen and oxygen atoms in total. The molecule has 2 saturated heterocycles. The van der Waals surface area contributed by atoms with Gasteiger partial charge in [0.05, 0.1) is 5.69 Å². The van der Waals surface area contributed by atoms with E-state index in [1.165, 1.54) is 18.4 Å². The van der Waals surface area contributed by atoms with E-state index in [-0.39, 0.29) is 5.41 Å². The SMILES string of the molecule is CCN1C[C@]2(CCCN(Cc3cn4cccc(C)c4n3)C2)CCC1=O. The third-order valence-electron chi connectivity index (χ3n) is 5.98. The van der Waals surface area contributed by atoms with Crippen LogP contribution in [-0.2, 0) is 11.3 Å². The van der Waals surface area contributed by atoms with Gasteiger partial charge in [0, 0.05) is 50.4 Å². The van der Waals surface area contributed by atoms with E-state index in [2.05, 4.69) is 52.6 Å². The van der Waals surface area contributed by atoms with Crippen molar-refractivity contribution in [2.24, 2.45) is 5.41 Å². The number of likely N-dealkylation sites (tertiary alicyclic amines) is 2. The van der Waals surface area contributed by atoms with Crippen LogP contribution in [0.3, 0.4) is 0 Å². The molecule has 2 aromatic rings. The summed E-state index contributed by atoms with van der Waals surface area (Å²) in [6.07, 6.45) is 8.46. The van der Waals surface area contributed by atoms with Crippen LogP contribution in [0.4, 0.5) is 0 Å². The molecule has 0 radical (unpaired) electrons. The fraction of sp³-hybridized carbons (Fsp3) is 0.600. The monoisotopic (exact) mass is 340 g/mol. The van der Waals surface area contributed by atoms with Gasteiger partial charge < -0.3 is 9.30 Å². The molecule has 4 heterocycles. The number of hydrogen-bond acceptors (Lipinski definition) is 3. The maximum absolute atomic E-state index is 12.1. The Morgan fingerprint density at radius 1 is 1.28 bits per heavy atom. The van der Waals surface area contributed by atoms with Gasteiger partial charge in [-0.15, -0.1) is 0 Å². The van der Waals surface area contributed by atoms with Gasteiger partial charge in [-0.2, -0.15) is 0 Å². The smallest absolute Gasteiger partial charge is 0.222 e. The molecule has 0 aromatic carbocycles. The van der Waals surface area contributed by atoms with Gasteiger partial charge in [0.2, 0.25) is 5.91 Å². The lowest BCUT2D eigenvalue weighted by molar-refractivity contribution is -0.139. The summed E-state index contributed by atoms with van der Waals surface area (Å²) in [6.45, 7) is 9.10. The van der Waals surface area contributed by atoms with Crippen molar-refractivity contribution >= 4 is 11.6 Å². The first kappa shape index (κ1) is 16.6. The first-order chi connectivity index (χ1) is 12.1. The number of pyridine rings is 1. The third kappa shape index (κ3) is 3.17. The standard InChI is InChI=1S/C20H28N4O/c1-3-23-15-20(9-7-18(23)25)8-5-10-22(14-20)12-17-13-24-11-4-6-16(2)19(24)21-17/h4,6,11,13H,3,5,7-10,12,14-15H2,1-2H3/t20-/m1/s1. The average molecular weight is 340 g/mol. The van der Waals surface area contributed by atoms with Gasteiger partial charge in [-0.25, -0.2) is 4.98 Å². The maximum Gasteiger partial charge on any atom is 0.222 e. The lowest BCUT2D eigenvalue weighted by atomic mass is 9.73. The molecule has 1 spiro atoms. The second kappa shape index (κ2) is 6.45. The quantitative estimate of drug-likeness (QED) is 0.863. The van der Waals surface area contributed by atoms with Crippen molar-refractivity contribution in [2.75, 3.05) is 26.2 Å². The fourth-order valence-corrected chi connectivity index (χ4v) is 4.68. The Bertz CT molecular complexity index is 783. The minimum absolute atomic E-state index is 0.289. The number of imidazole rings is 1. The molecule has 0 saturated carbocycles. The lowest BCUT2D eigenvalue weighted by Crippen LogP contribution is -2.53. The van der Waals surface area contributed by atoms with E-state index in [1.54, 1.807) is 0 Å². The summed E-state index contributed by atoms with van der Waals surface area (Å²) >= 11 is 0. The van der Waals surface area contributed by atoms with E-state index in [9.17, 15) is 4.79 Å². The molecule has 5 heteroatoms. The lowest BCUT2D eigenvalue weighted by Gasteiger charge is -2.48. The molecular formula is C20H28N4O. The number of rotatable bonds is 3. The molecule has 2 aliphatic heterocycles. The normalized spacial score (nSPS) is 25.2. The molecule has 1 atom stereocenters.